The van der Waals surface area contributed by atoms with E-state index in [2.05, 4.69) is 4.98 Å². The van der Waals surface area contributed by atoms with E-state index in [1.807, 2.05) is 0 Å². The summed E-state index contributed by atoms with van der Waals surface area (Å²) in [7, 11) is 0. The van der Waals surface area contributed by atoms with Gasteiger partial charge < -0.3 is 19.8 Å². The van der Waals surface area contributed by atoms with E-state index in [0.717, 1.165) is 0 Å². The second-order valence-electron chi connectivity index (χ2n) is 6.23. The van der Waals surface area contributed by atoms with Crippen molar-refractivity contribution < 1.29 is 19.7 Å². The highest BCUT2D eigenvalue weighted by molar-refractivity contribution is 6.32. The van der Waals surface area contributed by atoms with Crippen LogP contribution in [0.2, 0.25) is 10.3 Å². The van der Waals surface area contributed by atoms with E-state index >= 15 is 0 Å². The van der Waals surface area contributed by atoms with Crippen LogP contribution in [0.3, 0.4) is 0 Å². The first-order valence-corrected chi connectivity index (χ1v) is 7.90. The molecule has 0 spiro atoms. The number of aliphatic hydroxyl groups is 2. The quantitative estimate of drug-likeness (QED) is 0.784. The number of carbonyl (C=O) groups excluding carboxylic acids is 1. The van der Waals surface area contributed by atoms with E-state index in [-0.39, 0.29) is 23.5 Å². The molecule has 6 nitrogen and oxygen atoms in total. The van der Waals surface area contributed by atoms with Gasteiger partial charge in [0.2, 0.25) is 0 Å². The number of halogens is 2. The van der Waals surface area contributed by atoms with Gasteiger partial charge in [-0.1, -0.05) is 23.2 Å². The summed E-state index contributed by atoms with van der Waals surface area (Å²) < 4.78 is 5.31. The molecule has 1 unspecified atom stereocenters. The number of ether oxygens (including phenoxy) is 1. The van der Waals surface area contributed by atoms with Crippen LogP contribution in [0.25, 0.3) is 0 Å². The lowest BCUT2D eigenvalue weighted by molar-refractivity contribution is -0.00114. The normalized spacial score (nSPS) is 14.3. The Labute approximate surface area is 146 Å². The second-order valence-corrected chi connectivity index (χ2v) is 7.00. The van der Waals surface area contributed by atoms with Crippen LogP contribution in [0.4, 0.5) is 4.79 Å². The monoisotopic (exact) mass is 364 g/mol. The van der Waals surface area contributed by atoms with E-state index < -0.39 is 23.8 Å². The third-order valence-electron chi connectivity index (χ3n) is 2.96. The molecule has 130 valence electrons. The molecule has 0 aromatic carbocycles. The van der Waals surface area contributed by atoms with Crippen molar-refractivity contribution in [1.82, 2.24) is 9.88 Å². The van der Waals surface area contributed by atoms with Crippen LogP contribution >= 0.6 is 23.2 Å². The maximum Gasteiger partial charge on any atom is 0.410 e. The highest BCUT2D eigenvalue weighted by atomic mass is 35.5. The summed E-state index contributed by atoms with van der Waals surface area (Å²) in [5.41, 5.74) is -0.257. The predicted octanol–water partition coefficient (Wildman–Crippen LogP) is 3.04. The van der Waals surface area contributed by atoms with E-state index in [4.69, 9.17) is 27.9 Å². The first kappa shape index (κ1) is 20.0. The molecule has 2 atom stereocenters. The third kappa shape index (κ3) is 6.51. The molecule has 0 aliphatic rings. The fourth-order valence-electron chi connectivity index (χ4n) is 1.82. The van der Waals surface area contributed by atoms with Crippen molar-refractivity contribution in [3.05, 3.63) is 28.0 Å². The minimum Gasteiger partial charge on any atom is -0.444 e. The van der Waals surface area contributed by atoms with E-state index in [1.165, 1.54) is 17.0 Å². The predicted molar refractivity (Wildman–Crippen MR) is 88.7 cm³/mol. The molecule has 0 radical (unpaired) electrons. The standard InChI is InChI=1S/C15H22Cl2N2O4/c1-9(8-20)19(14(22)23-15(2,3)4)7-11(21)10-5-12(16)18-13(17)6-10/h5-6,9,11,20-21H,7-8H2,1-4H3/t9-,11?/m0/s1. The van der Waals surface area contributed by atoms with Gasteiger partial charge in [0.15, 0.2) is 0 Å². The Morgan fingerprint density at radius 2 is 1.87 bits per heavy atom. The number of aliphatic hydroxyl groups excluding tert-OH is 2. The third-order valence-corrected chi connectivity index (χ3v) is 3.35. The summed E-state index contributed by atoms with van der Waals surface area (Å²) in [6, 6.07) is 2.41. The van der Waals surface area contributed by atoms with Crippen LogP contribution in [0.5, 0.6) is 0 Å². The molecule has 0 fully saturated rings. The van der Waals surface area contributed by atoms with Crippen molar-refractivity contribution in [2.24, 2.45) is 0 Å². The van der Waals surface area contributed by atoms with Crippen LogP contribution < -0.4 is 0 Å². The van der Waals surface area contributed by atoms with E-state index in [9.17, 15) is 15.0 Å². The molecule has 2 N–H and O–H groups in total. The smallest absolute Gasteiger partial charge is 0.410 e. The molecule has 1 aromatic heterocycles. The number of aromatic nitrogens is 1. The lowest BCUT2D eigenvalue weighted by Gasteiger charge is -2.32. The molecular weight excluding hydrogens is 343 g/mol. The van der Waals surface area contributed by atoms with Gasteiger partial charge in [-0.05, 0) is 45.4 Å². The Bertz CT molecular complexity index is 529. The van der Waals surface area contributed by atoms with Gasteiger partial charge in [0.1, 0.15) is 15.9 Å². The van der Waals surface area contributed by atoms with Crippen LogP contribution in [0, 0.1) is 0 Å². The Morgan fingerprint density at radius 3 is 2.30 bits per heavy atom. The van der Waals surface area contributed by atoms with Crippen molar-refractivity contribution >= 4 is 29.3 Å². The van der Waals surface area contributed by atoms with Crippen molar-refractivity contribution in [3.63, 3.8) is 0 Å². The van der Waals surface area contributed by atoms with Crippen LogP contribution in [-0.4, -0.2) is 51.0 Å². The molecule has 1 rings (SSSR count). The zero-order valence-corrected chi connectivity index (χ0v) is 15.1. The molecule has 0 saturated carbocycles. The molecule has 1 heterocycles. The van der Waals surface area contributed by atoms with Gasteiger partial charge in [-0.2, -0.15) is 0 Å². The van der Waals surface area contributed by atoms with Crippen LogP contribution in [0.1, 0.15) is 39.4 Å². The van der Waals surface area contributed by atoms with Crippen LogP contribution in [-0.2, 0) is 4.74 Å². The molecule has 0 aliphatic heterocycles. The summed E-state index contributed by atoms with van der Waals surface area (Å²) in [4.78, 5) is 17.3. The molecular formula is C15H22Cl2N2O4. The molecule has 23 heavy (non-hydrogen) atoms. The zero-order chi connectivity index (χ0) is 17.8. The molecule has 0 aliphatic carbocycles. The number of rotatable bonds is 5. The van der Waals surface area contributed by atoms with Gasteiger partial charge in [-0.15, -0.1) is 0 Å². The Morgan fingerprint density at radius 1 is 1.35 bits per heavy atom. The van der Waals surface area contributed by atoms with E-state index in [1.54, 1.807) is 27.7 Å². The SMILES string of the molecule is C[C@@H](CO)N(CC(O)c1cc(Cl)nc(Cl)c1)C(=O)OC(C)(C)C. The number of amides is 1. The number of hydrogen-bond donors (Lipinski definition) is 2. The average Bonchev–Trinajstić information content (AvgIpc) is 2.40. The minimum absolute atomic E-state index is 0.0761. The second kappa shape index (κ2) is 8.15. The average molecular weight is 365 g/mol. The van der Waals surface area contributed by atoms with Gasteiger partial charge in [0, 0.05) is 0 Å². The minimum atomic E-state index is -1.05. The molecule has 1 aromatic rings. The van der Waals surface area contributed by atoms with Gasteiger partial charge >= 0.3 is 6.09 Å². The fraction of sp³-hybridized carbons (Fsp3) is 0.600. The fourth-order valence-corrected chi connectivity index (χ4v) is 2.30. The van der Waals surface area contributed by atoms with Gasteiger partial charge in [0.05, 0.1) is 25.3 Å². The van der Waals surface area contributed by atoms with Gasteiger partial charge in [-0.3, -0.25) is 0 Å². The highest BCUT2D eigenvalue weighted by Crippen LogP contribution is 2.23. The highest BCUT2D eigenvalue weighted by Gasteiger charge is 2.28. The summed E-state index contributed by atoms with van der Waals surface area (Å²) >= 11 is 11.6. The lowest BCUT2D eigenvalue weighted by atomic mass is 10.1. The topological polar surface area (TPSA) is 82.9 Å². The molecule has 0 bridgehead atoms. The van der Waals surface area contributed by atoms with Crippen molar-refractivity contribution in [3.8, 4) is 0 Å². The van der Waals surface area contributed by atoms with Crippen molar-refractivity contribution in [2.75, 3.05) is 13.2 Å². The number of hydrogen-bond acceptors (Lipinski definition) is 5. The van der Waals surface area contributed by atoms with Gasteiger partial charge in [-0.25, -0.2) is 9.78 Å². The Hall–Kier alpha value is -1.08. The first-order valence-electron chi connectivity index (χ1n) is 7.15. The van der Waals surface area contributed by atoms with Crippen molar-refractivity contribution in [1.29, 1.82) is 0 Å². The summed E-state index contributed by atoms with van der Waals surface area (Å²) in [6.07, 6.45) is -1.67. The van der Waals surface area contributed by atoms with E-state index in [0.29, 0.717) is 5.56 Å². The maximum atomic E-state index is 12.3. The largest absolute Gasteiger partial charge is 0.444 e. The zero-order valence-electron chi connectivity index (χ0n) is 13.6. The van der Waals surface area contributed by atoms with Gasteiger partial charge in [0.25, 0.3) is 0 Å². The number of pyridine rings is 1. The van der Waals surface area contributed by atoms with Crippen LogP contribution in [0.15, 0.2) is 12.1 Å². The Kier molecular flexibility index (Phi) is 7.07. The molecule has 0 saturated heterocycles. The summed E-state index contributed by atoms with van der Waals surface area (Å²) in [5, 5.41) is 20.0. The lowest BCUT2D eigenvalue weighted by Crippen LogP contribution is -2.45. The van der Waals surface area contributed by atoms with Crippen molar-refractivity contribution in [2.45, 2.75) is 45.4 Å². The summed E-state index contributed by atoms with van der Waals surface area (Å²) in [6.45, 7) is 6.54. The first-order chi connectivity index (χ1) is 10.5. The molecule has 1 amide bonds. The number of carbonyl (C=O) groups is 1. The molecule has 8 heteroatoms. The maximum absolute atomic E-state index is 12.3. The number of nitrogens with zero attached hydrogens (tertiary/aromatic N) is 2. The summed E-state index contributed by atoms with van der Waals surface area (Å²) in [5.74, 6) is 0. The Balaban J connectivity index is 2.94.